The average Bonchev–Trinajstić information content (AvgIpc) is 2.40. The predicted molar refractivity (Wildman–Crippen MR) is 81.8 cm³/mol. The Morgan fingerprint density at radius 3 is 2.48 bits per heavy atom. The third-order valence-electron chi connectivity index (χ3n) is 2.91. The van der Waals surface area contributed by atoms with Crippen LogP contribution in [0.15, 0.2) is 42.5 Å². The topological polar surface area (TPSA) is 38.0 Å². The maximum atomic E-state index is 12.7. The maximum Gasteiger partial charge on any atom is 0.416 e. The smallest absolute Gasteiger partial charge is 0.389 e. The van der Waals surface area contributed by atoms with Gasteiger partial charge in [0, 0.05) is 16.9 Å². The minimum Gasteiger partial charge on any atom is -0.389 e. The summed E-state index contributed by atoms with van der Waals surface area (Å²) >= 11 is 4.97. The number of rotatable bonds is 3. The van der Waals surface area contributed by atoms with Crippen molar-refractivity contribution in [3.8, 4) is 0 Å². The third-order valence-corrected chi connectivity index (χ3v) is 3.13. The zero-order valence-corrected chi connectivity index (χ0v) is 12.0. The van der Waals surface area contributed by atoms with E-state index in [9.17, 15) is 13.2 Å². The van der Waals surface area contributed by atoms with Crippen molar-refractivity contribution in [2.75, 3.05) is 5.32 Å². The van der Waals surface area contributed by atoms with Gasteiger partial charge >= 0.3 is 6.18 Å². The van der Waals surface area contributed by atoms with Gasteiger partial charge in [-0.25, -0.2) is 0 Å². The summed E-state index contributed by atoms with van der Waals surface area (Å²) in [6.07, 6.45) is -4.38. The Kier molecular flexibility index (Phi) is 4.18. The van der Waals surface area contributed by atoms with Gasteiger partial charge < -0.3 is 11.1 Å². The van der Waals surface area contributed by atoms with Gasteiger partial charge in [0.25, 0.3) is 0 Å². The SMILES string of the molecule is Cc1ccc(Nc2cccc(C(F)(F)F)c2)c(C(N)=S)c1. The molecular weight excluding hydrogens is 297 g/mol. The quantitative estimate of drug-likeness (QED) is 0.826. The van der Waals surface area contributed by atoms with Crippen LogP contribution in [0.5, 0.6) is 0 Å². The van der Waals surface area contributed by atoms with Crippen LogP contribution in [0.3, 0.4) is 0 Å². The number of nitrogens with one attached hydrogen (secondary N) is 1. The van der Waals surface area contributed by atoms with Crippen LogP contribution in [0.25, 0.3) is 0 Å². The number of alkyl halides is 3. The molecule has 2 rings (SSSR count). The van der Waals surface area contributed by atoms with E-state index < -0.39 is 11.7 Å². The van der Waals surface area contributed by atoms with Crippen LogP contribution in [-0.4, -0.2) is 4.99 Å². The van der Waals surface area contributed by atoms with Gasteiger partial charge in [-0.05, 0) is 37.3 Å². The van der Waals surface area contributed by atoms with E-state index in [-0.39, 0.29) is 4.99 Å². The average molecular weight is 310 g/mol. The molecule has 0 bridgehead atoms. The van der Waals surface area contributed by atoms with E-state index >= 15 is 0 Å². The van der Waals surface area contributed by atoms with Crippen molar-refractivity contribution in [2.45, 2.75) is 13.1 Å². The van der Waals surface area contributed by atoms with Crippen LogP contribution in [0.2, 0.25) is 0 Å². The first-order chi connectivity index (χ1) is 9.77. The van der Waals surface area contributed by atoms with E-state index in [0.717, 1.165) is 17.7 Å². The Morgan fingerprint density at radius 1 is 1.14 bits per heavy atom. The number of nitrogens with two attached hydrogens (primary N) is 1. The second kappa shape index (κ2) is 5.73. The number of hydrogen-bond donors (Lipinski definition) is 2. The fourth-order valence-corrected chi connectivity index (χ4v) is 2.07. The molecule has 21 heavy (non-hydrogen) atoms. The standard InChI is InChI=1S/C15H13F3N2S/c1-9-5-6-13(12(7-9)14(19)21)20-11-4-2-3-10(8-11)15(16,17)18/h2-8,20H,1H3,(H2,19,21). The summed E-state index contributed by atoms with van der Waals surface area (Å²) in [7, 11) is 0. The minimum atomic E-state index is -4.38. The number of benzene rings is 2. The van der Waals surface area contributed by atoms with Crippen LogP contribution in [-0.2, 0) is 6.18 Å². The summed E-state index contributed by atoms with van der Waals surface area (Å²) in [6.45, 7) is 1.88. The highest BCUT2D eigenvalue weighted by Crippen LogP contribution is 2.32. The third kappa shape index (κ3) is 3.72. The molecule has 0 aliphatic heterocycles. The van der Waals surface area contributed by atoms with Crippen molar-refractivity contribution in [1.82, 2.24) is 0 Å². The first kappa shape index (κ1) is 15.3. The molecule has 2 aromatic rings. The number of thiocarbonyl (C=S) groups is 1. The zero-order valence-electron chi connectivity index (χ0n) is 11.2. The van der Waals surface area contributed by atoms with E-state index in [1.165, 1.54) is 6.07 Å². The second-order valence-corrected chi connectivity index (χ2v) is 5.06. The molecule has 3 N–H and O–H groups in total. The summed E-state index contributed by atoms with van der Waals surface area (Å²) in [4.78, 5) is 0.188. The normalized spacial score (nSPS) is 11.2. The fourth-order valence-electron chi connectivity index (χ4n) is 1.90. The molecule has 0 aliphatic carbocycles. The van der Waals surface area contributed by atoms with E-state index in [1.54, 1.807) is 18.2 Å². The number of halogens is 3. The molecule has 0 saturated carbocycles. The lowest BCUT2D eigenvalue weighted by Gasteiger charge is -2.14. The molecule has 0 heterocycles. The van der Waals surface area contributed by atoms with Gasteiger partial charge in [0.2, 0.25) is 0 Å². The lowest BCUT2D eigenvalue weighted by molar-refractivity contribution is -0.137. The molecule has 0 fully saturated rings. The minimum absolute atomic E-state index is 0.188. The molecule has 0 spiro atoms. The second-order valence-electron chi connectivity index (χ2n) is 4.62. The Labute approximate surface area is 125 Å². The molecular formula is C15H13F3N2S. The Bertz CT molecular complexity index is 681. The summed E-state index contributed by atoms with van der Waals surface area (Å²) in [5.74, 6) is 0. The van der Waals surface area contributed by atoms with Crippen LogP contribution < -0.4 is 11.1 Å². The molecule has 0 aliphatic rings. The van der Waals surface area contributed by atoms with Crippen molar-refractivity contribution < 1.29 is 13.2 Å². The monoisotopic (exact) mass is 310 g/mol. The lowest BCUT2D eigenvalue weighted by Crippen LogP contribution is -2.12. The highest BCUT2D eigenvalue weighted by atomic mass is 32.1. The van der Waals surface area contributed by atoms with Crippen LogP contribution in [0.1, 0.15) is 16.7 Å². The molecule has 0 radical (unpaired) electrons. The number of aryl methyl sites for hydroxylation is 1. The number of anilines is 2. The van der Waals surface area contributed by atoms with Crippen LogP contribution >= 0.6 is 12.2 Å². The molecule has 0 amide bonds. The van der Waals surface area contributed by atoms with Gasteiger partial charge in [-0.3, -0.25) is 0 Å². The van der Waals surface area contributed by atoms with E-state index in [0.29, 0.717) is 16.9 Å². The predicted octanol–water partition coefficient (Wildman–Crippen LogP) is 4.39. The molecule has 2 aromatic carbocycles. The highest BCUT2D eigenvalue weighted by Gasteiger charge is 2.30. The molecule has 0 unspecified atom stereocenters. The summed E-state index contributed by atoms with van der Waals surface area (Å²) in [5.41, 5.74) is 7.40. The maximum absolute atomic E-state index is 12.7. The van der Waals surface area contributed by atoms with Gasteiger partial charge in [0.05, 0.1) is 5.56 Å². The molecule has 6 heteroatoms. The first-order valence-corrected chi connectivity index (χ1v) is 6.53. The van der Waals surface area contributed by atoms with Crippen molar-refractivity contribution >= 4 is 28.6 Å². The summed E-state index contributed by atoms with van der Waals surface area (Å²) in [6, 6.07) is 10.3. The van der Waals surface area contributed by atoms with E-state index in [2.05, 4.69) is 5.32 Å². The van der Waals surface area contributed by atoms with Crippen LogP contribution in [0.4, 0.5) is 24.5 Å². The molecule has 0 saturated heterocycles. The van der Waals surface area contributed by atoms with Crippen molar-refractivity contribution in [3.05, 3.63) is 59.2 Å². The Morgan fingerprint density at radius 2 is 1.86 bits per heavy atom. The van der Waals surface area contributed by atoms with Crippen LogP contribution in [0, 0.1) is 6.92 Å². The van der Waals surface area contributed by atoms with Gasteiger partial charge in [-0.15, -0.1) is 0 Å². The largest absolute Gasteiger partial charge is 0.416 e. The summed E-state index contributed by atoms with van der Waals surface area (Å²) in [5, 5.41) is 2.93. The lowest BCUT2D eigenvalue weighted by atomic mass is 10.1. The van der Waals surface area contributed by atoms with E-state index in [4.69, 9.17) is 18.0 Å². The number of hydrogen-bond acceptors (Lipinski definition) is 2. The van der Waals surface area contributed by atoms with Crippen molar-refractivity contribution in [3.63, 3.8) is 0 Å². The molecule has 110 valence electrons. The van der Waals surface area contributed by atoms with Gasteiger partial charge in [-0.1, -0.05) is 29.9 Å². The van der Waals surface area contributed by atoms with Crippen molar-refractivity contribution in [2.24, 2.45) is 5.73 Å². The fraction of sp³-hybridized carbons (Fsp3) is 0.133. The molecule has 0 aromatic heterocycles. The Balaban J connectivity index is 2.37. The molecule has 2 nitrogen and oxygen atoms in total. The van der Waals surface area contributed by atoms with Gasteiger partial charge in [0.1, 0.15) is 4.99 Å². The Hall–Kier alpha value is -2.08. The first-order valence-electron chi connectivity index (χ1n) is 6.12. The molecule has 0 atom stereocenters. The van der Waals surface area contributed by atoms with E-state index in [1.807, 2.05) is 13.0 Å². The summed E-state index contributed by atoms with van der Waals surface area (Å²) < 4.78 is 38.1. The van der Waals surface area contributed by atoms with Gasteiger partial charge in [0.15, 0.2) is 0 Å². The van der Waals surface area contributed by atoms with Gasteiger partial charge in [-0.2, -0.15) is 13.2 Å². The van der Waals surface area contributed by atoms with Crippen molar-refractivity contribution in [1.29, 1.82) is 0 Å². The zero-order chi connectivity index (χ0) is 15.6. The highest BCUT2D eigenvalue weighted by molar-refractivity contribution is 7.80.